The van der Waals surface area contributed by atoms with Crippen LogP contribution in [0.5, 0.6) is 0 Å². The molecule has 0 radical (unpaired) electrons. The number of nitrogens with one attached hydrogen (secondary N) is 2. The highest BCUT2D eigenvalue weighted by Gasteiger charge is 2.38. The molecule has 11 heteroatoms. The smallest absolute Gasteiger partial charge is 0.368 e. The summed E-state index contributed by atoms with van der Waals surface area (Å²) in [6.45, 7) is 5.86. The Kier molecular flexibility index (Phi) is 5.58. The molecule has 2 aromatic rings. The van der Waals surface area contributed by atoms with E-state index < -0.39 is 33.8 Å². The maximum Gasteiger partial charge on any atom is 0.416 e. The molecule has 1 saturated heterocycles. The molecule has 7 nitrogen and oxygen atoms in total. The Labute approximate surface area is 184 Å². The lowest BCUT2D eigenvalue weighted by Gasteiger charge is -2.39. The van der Waals surface area contributed by atoms with Gasteiger partial charge in [0.1, 0.15) is 4.90 Å². The van der Waals surface area contributed by atoms with Gasteiger partial charge in [-0.25, -0.2) is 8.42 Å². The maximum atomic E-state index is 13.1. The number of alkyl halides is 3. The fourth-order valence-corrected chi connectivity index (χ4v) is 5.23. The van der Waals surface area contributed by atoms with Gasteiger partial charge in [0.25, 0.3) is 5.91 Å². The minimum absolute atomic E-state index is 0.244. The van der Waals surface area contributed by atoms with Crippen LogP contribution in [0.4, 0.5) is 24.5 Å². The van der Waals surface area contributed by atoms with Gasteiger partial charge in [0.2, 0.25) is 10.0 Å². The number of halogens is 3. The number of hydrogen-bond donors (Lipinski definition) is 2. The van der Waals surface area contributed by atoms with Crippen molar-refractivity contribution in [3.05, 3.63) is 53.1 Å². The molecule has 172 valence electrons. The van der Waals surface area contributed by atoms with Gasteiger partial charge in [0.05, 0.1) is 11.3 Å². The van der Waals surface area contributed by atoms with Gasteiger partial charge in [-0.1, -0.05) is 12.1 Å². The monoisotopic (exact) mass is 468 g/mol. The van der Waals surface area contributed by atoms with Crippen LogP contribution < -0.4 is 14.9 Å². The molecule has 1 fully saturated rings. The van der Waals surface area contributed by atoms with Gasteiger partial charge < -0.3 is 15.1 Å². The van der Waals surface area contributed by atoms with E-state index in [1.807, 2.05) is 26.0 Å². The standard InChI is InChI=1S/C21H23F3N4O3S/c1-13-3-4-14(2)17(11-13)27-7-9-28(10-8-27)20(29)19-25-16-12-15(21(22,23)24)5-6-18(16)32(30,31)26-19/h3-6,11-12,19,25-26H,7-10H2,1-2H3/t19-/m0/s1. The van der Waals surface area contributed by atoms with E-state index in [0.29, 0.717) is 38.3 Å². The molecule has 1 amide bonds. The van der Waals surface area contributed by atoms with Crippen molar-refractivity contribution in [2.24, 2.45) is 0 Å². The molecule has 2 aliphatic rings. The first-order valence-corrected chi connectivity index (χ1v) is 11.6. The van der Waals surface area contributed by atoms with Crippen LogP contribution in [0, 0.1) is 13.8 Å². The summed E-state index contributed by atoms with van der Waals surface area (Å²) < 4.78 is 66.5. The van der Waals surface area contributed by atoms with Crippen molar-refractivity contribution < 1.29 is 26.4 Å². The molecule has 0 unspecified atom stereocenters. The third-order valence-corrected chi connectivity index (χ3v) is 7.19. The van der Waals surface area contributed by atoms with Crippen LogP contribution in [0.1, 0.15) is 16.7 Å². The number of amides is 1. The normalized spacial score (nSPS) is 20.5. The van der Waals surface area contributed by atoms with Crippen LogP contribution in [-0.4, -0.2) is 51.6 Å². The Hall–Kier alpha value is -2.79. The second-order valence-electron chi connectivity index (χ2n) is 8.01. The number of carbonyl (C=O) groups is 1. The summed E-state index contributed by atoms with van der Waals surface area (Å²) in [5.74, 6) is -0.530. The van der Waals surface area contributed by atoms with Gasteiger partial charge in [0.15, 0.2) is 6.17 Å². The molecule has 2 aromatic carbocycles. The highest BCUT2D eigenvalue weighted by atomic mass is 32.2. The zero-order chi connectivity index (χ0) is 23.3. The number of benzene rings is 2. The topological polar surface area (TPSA) is 81.8 Å². The van der Waals surface area contributed by atoms with Crippen molar-refractivity contribution in [2.45, 2.75) is 31.1 Å². The zero-order valence-electron chi connectivity index (χ0n) is 17.5. The summed E-state index contributed by atoms with van der Waals surface area (Å²) in [5.41, 5.74) is 2.10. The second kappa shape index (κ2) is 7.96. The highest BCUT2D eigenvalue weighted by molar-refractivity contribution is 7.89. The van der Waals surface area contributed by atoms with Crippen LogP contribution in [-0.2, 0) is 21.0 Å². The number of nitrogens with zero attached hydrogens (tertiary/aromatic N) is 2. The van der Waals surface area contributed by atoms with Gasteiger partial charge >= 0.3 is 6.18 Å². The van der Waals surface area contributed by atoms with E-state index in [-0.39, 0.29) is 10.6 Å². The van der Waals surface area contributed by atoms with Gasteiger partial charge in [-0.15, -0.1) is 0 Å². The van der Waals surface area contributed by atoms with Crippen molar-refractivity contribution in [1.82, 2.24) is 9.62 Å². The second-order valence-corrected chi connectivity index (χ2v) is 9.69. The van der Waals surface area contributed by atoms with E-state index in [9.17, 15) is 26.4 Å². The predicted octanol–water partition coefficient (Wildman–Crippen LogP) is 2.70. The molecule has 0 spiro atoms. The minimum atomic E-state index is -4.63. The molecule has 2 heterocycles. The Bertz CT molecular complexity index is 1160. The summed E-state index contributed by atoms with van der Waals surface area (Å²) in [4.78, 5) is 16.3. The Morgan fingerprint density at radius 2 is 1.72 bits per heavy atom. The Morgan fingerprint density at radius 1 is 1.03 bits per heavy atom. The van der Waals surface area contributed by atoms with E-state index in [2.05, 4.69) is 21.0 Å². The zero-order valence-corrected chi connectivity index (χ0v) is 18.3. The molecular weight excluding hydrogens is 445 g/mol. The van der Waals surface area contributed by atoms with Crippen LogP contribution in [0.2, 0.25) is 0 Å². The lowest BCUT2D eigenvalue weighted by atomic mass is 10.1. The predicted molar refractivity (Wildman–Crippen MR) is 114 cm³/mol. The molecule has 0 bridgehead atoms. The molecule has 0 aromatic heterocycles. The van der Waals surface area contributed by atoms with Crippen molar-refractivity contribution in [2.75, 3.05) is 36.4 Å². The van der Waals surface area contributed by atoms with Crippen LogP contribution in [0.15, 0.2) is 41.3 Å². The fourth-order valence-electron chi connectivity index (χ4n) is 3.98. The average molecular weight is 469 g/mol. The number of hydrogen-bond acceptors (Lipinski definition) is 5. The van der Waals surface area contributed by atoms with Crippen molar-refractivity contribution in [3.8, 4) is 0 Å². The largest absolute Gasteiger partial charge is 0.416 e. The molecule has 32 heavy (non-hydrogen) atoms. The van der Waals surface area contributed by atoms with Crippen LogP contribution in [0.3, 0.4) is 0 Å². The third-order valence-electron chi connectivity index (χ3n) is 5.71. The summed E-state index contributed by atoms with van der Waals surface area (Å²) >= 11 is 0. The van der Waals surface area contributed by atoms with E-state index in [1.54, 1.807) is 0 Å². The third kappa shape index (κ3) is 4.26. The minimum Gasteiger partial charge on any atom is -0.368 e. The number of aryl methyl sites for hydroxylation is 2. The molecular formula is C21H23F3N4O3S. The first-order valence-electron chi connectivity index (χ1n) is 10.1. The number of piperazine rings is 1. The maximum absolute atomic E-state index is 13.1. The summed E-state index contributed by atoms with van der Waals surface area (Å²) in [6, 6.07) is 8.45. The molecule has 2 N–H and O–H groups in total. The SMILES string of the molecule is Cc1ccc(C)c(N2CCN(C(=O)[C@H]3Nc4cc(C(F)(F)F)ccc4S(=O)(=O)N3)CC2)c1. The van der Waals surface area contributed by atoms with Gasteiger partial charge in [-0.2, -0.15) is 17.9 Å². The number of carbonyl (C=O) groups excluding carboxylic acids is 1. The molecule has 1 atom stereocenters. The van der Waals surface area contributed by atoms with Gasteiger partial charge in [-0.05, 0) is 49.2 Å². The van der Waals surface area contributed by atoms with E-state index in [1.165, 1.54) is 4.90 Å². The number of fused-ring (bicyclic) bond motifs is 1. The van der Waals surface area contributed by atoms with Crippen molar-refractivity contribution in [3.63, 3.8) is 0 Å². The quantitative estimate of drug-likeness (QED) is 0.709. The number of anilines is 2. The van der Waals surface area contributed by atoms with Gasteiger partial charge in [0, 0.05) is 31.9 Å². The van der Waals surface area contributed by atoms with Crippen molar-refractivity contribution >= 4 is 27.3 Å². The lowest BCUT2D eigenvalue weighted by molar-refractivity contribution is -0.137. The Morgan fingerprint density at radius 3 is 2.38 bits per heavy atom. The van der Waals surface area contributed by atoms with E-state index >= 15 is 0 Å². The lowest BCUT2D eigenvalue weighted by Crippen LogP contribution is -2.58. The van der Waals surface area contributed by atoms with Gasteiger partial charge in [-0.3, -0.25) is 4.79 Å². The molecule has 0 aliphatic carbocycles. The summed E-state index contributed by atoms with van der Waals surface area (Å²) in [7, 11) is -4.14. The molecule has 0 saturated carbocycles. The molecule has 2 aliphatic heterocycles. The summed E-state index contributed by atoms with van der Waals surface area (Å²) in [5, 5.41) is 2.63. The van der Waals surface area contributed by atoms with Crippen LogP contribution >= 0.6 is 0 Å². The summed E-state index contributed by atoms with van der Waals surface area (Å²) in [6.07, 6.45) is -6.00. The average Bonchev–Trinajstić information content (AvgIpc) is 2.73. The highest BCUT2D eigenvalue weighted by Crippen LogP contribution is 2.35. The fraction of sp³-hybridized carbons (Fsp3) is 0.381. The van der Waals surface area contributed by atoms with Crippen molar-refractivity contribution in [1.29, 1.82) is 0 Å². The molecule has 4 rings (SSSR count). The first-order chi connectivity index (χ1) is 15.0. The number of sulfonamides is 1. The van der Waals surface area contributed by atoms with Crippen LogP contribution in [0.25, 0.3) is 0 Å². The van der Waals surface area contributed by atoms with E-state index in [4.69, 9.17) is 0 Å². The van der Waals surface area contributed by atoms with E-state index in [0.717, 1.165) is 22.9 Å². The first kappa shape index (κ1) is 22.4. The number of rotatable bonds is 2. The Balaban J connectivity index is 1.49.